The van der Waals surface area contributed by atoms with Crippen LogP contribution in [0.25, 0.3) is 0 Å². The third-order valence-electron chi connectivity index (χ3n) is 3.44. The standard InChI is InChI=1S/C15H25N.C6H6O/c1-5-7-13-9-14(8-6-2)11-15(10-13)12-16(3)4;7-6-4-2-1-3-5-6/h9-11H,5-8,12H2,1-4H3;1-5,7H. The van der Waals surface area contributed by atoms with E-state index < -0.39 is 0 Å². The Bertz CT molecular complexity index is 525. The normalized spacial score (nSPS) is 10.3. The summed E-state index contributed by atoms with van der Waals surface area (Å²) in [6.07, 6.45) is 4.88. The van der Waals surface area contributed by atoms with Crippen molar-refractivity contribution >= 4 is 0 Å². The van der Waals surface area contributed by atoms with E-state index in [1.807, 2.05) is 6.07 Å². The first-order valence-electron chi connectivity index (χ1n) is 8.55. The Morgan fingerprint density at radius 3 is 1.61 bits per heavy atom. The van der Waals surface area contributed by atoms with Crippen molar-refractivity contribution in [1.29, 1.82) is 0 Å². The molecule has 0 fully saturated rings. The van der Waals surface area contributed by atoms with Crippen molar-refractivity contribution in [3.8, 4) is 5.75 Å². The van der Waals surface area contributed by atoms with Crippen LogP contribution in [0.1, 0.15) is 43.4 Å². The fourth-order valence-corrected chi connectivity index (χ4v) is 2.59. The smallest absolute Gasteiger partial charge is 0.115 e. The molecule has 0 aliphatic rings. The number of phenolic OH excluding ortho intramolecular Hbond substituents is 1. The minimum absolute atomic E-state index is 0.322. The highest BCUT2D eigenvalue weighted by Crippen LogP contribution is 2.15. The quantitative estimate of drug-likeness (QED) is 0.807. The molecule has 2 aromatic carbocycles. The van der Waals surface area contributed by atoms with E-state index in [4.69, 9.17) is 5.11 Å². The Kier molecular flexibility index (Phi) is 9.08. The highest BCUT2D eigenvalue weighted by atomic mass is 16.3. The fraction of sp³-hybridized carbons (Fsp3) is 0.429. The third kappa shape index (κ3) is 8.41. The van der Waals surface area contributed by atoms with Gasteiger partial charge in [0.1, 0.15) is 5.75 Å². The first-order chi connectivity index (χ1) is 11.0. The molecule has 2 aromatic rings. The van der Waals surface area contributed by atoms with Crippen LogP contribution in [0.2, 0.25) is 0 Å². The lowest BCUT2D eigenvalue weighted by atomic mass is 10.00. The molecule has 0 saturated carbocycles. The second-order valence-electron chi connectivity index (χ2n) is 6.23. The highest BCUT2D eigenvalue weighted by molar-refractivity contribution is 5.30. The van der Waals surface area contributed by atoms with Crippen LogP contribution in [0.5, 0.6) is 5.75 Å². The van der Waals surface area contributed by atoms with Gasteiger partial charge in [-0.15, -0.1) is 0 Å². The van der Waals surface area contributed by atoms with Crippen LogP contribution in [0.15, 0.2) is 48.5 Å². The van der Waals surface area contributed by atoms with E-state index in [1.54, 1.807) is 24.3 Å². The number of hydrogen-bond acceptors (Lipinski definition) is 2. The first-order valence-corrected chi connectivity index (χ1v) is 8.55. The van der Waals surface area contributed by atoms with Gasteiger partial charge in [0, 0.05) is 6.54 Å². The summed E-state index contributed by atoms with van der Waals surface area (Å²) in [7, 11) is 4.26. The molecule has 0 bridgehead atoms. The lowest BCUT2D eigenvalue weighted by molar-refractivity contribution is 0.402. The number of phenols is 1. The topological polar surface area (TPSA) is 23.5 Å². The van der Waals surface area contributed by atoms with E-state index in [0.29, 0.717) is 5.75 Å². The number of aryl methyl sites for hydroxylation is 2. The van der Waals surface area contributed by atoms with Gasteiger partial charge in [-0.2, -0.15) is 0 Å². The Morgan fingerprint density at radius 1 is 0.783 bits per heavy atom. The maximum atomic E-state index is 8.63. The van der Waals surface area contributed by atoms with Gasteiger partial charge in [0.25, 0.3) is 0 Å². The molecule has 0 unspecified atom stereocenters. The summed E-state index contributed by atoms with van der Waals surface area (Å²) >= 11 is 0. The largest absolute Gasteiger partial charge is 0.508 e. The monoisotopic (exact) mass is 313 g/mol. The summed E-state index contributed by atoms with van der Waals surface area (Å²) in [5, 5.41) is 8.63. The van der Waals surface area contributed by atoms with Gasteiger partial charge in [0.2, 0.25) is 0 Å². The van der Waals surface area contributed by atoms with Crippen LogP contribution in [-0.4, -0.2) is 24.1 Å². The summed E-state index contributed by atoms with van der Waals surface area (Å²) in [5.74, 6) is 0.322. The molecular formula is C21H31NO. The van der Waals surface area contributed by atoms with Crippen LogP contribution >= 0.6 is 0 Å². The molecule has 2 rings (SSSR count). The number of rotatable bonds is 6. The van der Waals surface area contributed by atoms with Gasteiger partial charge in [0.05, 0.1) is 0 Å². The summed E-state index contributed by atoms with van der Waals surface area (Å²) in [6, 6.07) is 15.8. The van der Waals surface area contributed by atoms with Crippen LogP contribution in [0, 0.1) is 0 Å². The minimum atomic E-state index is 0.322. The molecule has 0 aliphatic heterocycles. The number of para-hydroxylation sites is 1. The maximum Gasteiger partial charge on any atom is 0.115 e. The Balaban J connectivity index is 0.000000313. The molecule has 23 heavy (non-hydrogen) atoms. The molecule has 2 heteroatoms. The zero-order chi connectivity index (χ0) is 17.1. The Hall–Kier alpha value is -1.80. The van der Waals surface area contributed by atoms with E-state index >= 15 is 0 Å². The van der Waals surface area contributed by atoms with Crippen molar-refractivity contribution in [2.45, 2.75) is 46.1 Å². The summed E-state index contributed by atoms with van der Waals surface area (Å²) in [5.41, 5.74) is 4.47. The fourth-order valence-electron chi connectivity index (χ4n) is 2.59. The lowest BCUT2D eigenvalue weighted by Gasteiger charge is -2.13. The molecule has 2 nitrogen and oxygen atoms in total. The molecule has 0 atom stereocenters. The average Bonchev–Trinajstić information content (AvgIpc) is 2.48. The summed E-state index contributed by atoms with van der Waals surface area (Å²) in [6.45, 7) is 5.55. The number of nitrogens with zero attached hydrogens (tertiary/aromatic N) is 1. The van der Waals surface area contributed by atoms with Gasteiger partial charge in [-0.25, -0.2) is 0 Å². The Morgan fingerprint density at radius 2 is 1.26 bits per heavy atom. The van der Waals surface area contributed by atoms with Gasteiger partial charge >= 0.3 is 0 Å². The number of hydrogen-bond donors (Lipinski definition) is 1. The predicted octanol–water partition coefficient (Wildman–Crippen LogP) is 5.05. The van der Waals surface area contributed by atoms with E-state index in [9.17, 15) is 0 Å². The molecule has 1 N–H and O–H groups in total. The molecule has 0 heterocycles. The zero-order valence-corrected chi connectivity index (χ0v) is 15.0. The molecule has 126 valence electrons. The van der Waals surface area contributed by atoms with Gasteiger partial charge in [-0.05, 0) is 55.8 Å². The number of aromatic hydroxyl groups is 1. The molecule has 0 spiro atoms. The SMILES string of the molecule is CCCc1cc(CCC)cc(CN(C)C)c1.Oc1ccccc1. The van der Waals surface area contributed by atoms with Crippen LogP contribution in [0.4, 0.5) is 0 Å². The van der Waals surface area contributed by atoms with Gasteiger partial charge in [0.15, 0.2) is 0 Å². The van der Waals surface area contributed by atoms with Gasteiger partial charge < -0.3 is 10.0 Å². The molecule has 0 saturated heterocycles. The summed E-state index contributed by atoms with van der Waals surface area (Å²) in [4.78, 5) is 2.24. The average molecular weight is 313 g/mol. The summed E-state index contributed by atoms with van der Waals surface area (Å²) < 4.78 is 0. The van der Waals surface area contributed by atoms with Gasteiger partial charge in [-0.3, -0.25) is 0 Å². The van der Waals surface area contributed by atoms with Crippen molar-refractivity contribution in [2.75, 3.05) is 14.1 Å². The second-order valence-corrected chi connectivity index (χ2v) is 6.23. The van der Waals surface area contributed by atoms with E-state index in [0.717, 1.165) is 6.54 Å². The van der Waals surface area contributed by atoms with Crippen molar-refractivity contribution < 1.29 is 5.11 Å². The third-order valence-corrected chi connectivity index (χ3v) is 3.44. The van der Waals surface area contributed by atoms with Crippen molar-refractivity contribution in [1.82, 2.24) is 4.90 Å². The van der Waals surface area contributed by atoms with E-state index in [1.165, 1.54) is 42.4 Å². The minimum Gasteiger partial charge on any atom is -0.508 e. The van der Waals surface area contributed by atoms with Crippen molar-refractivity contribution in [2.24, 2.45) is 0 Å². The number of benzene rings is 2. The molecule has 0 aromatic heterocycles. The first kappa shape index (κ1) is 19.2. The lowest BCUT2D eigenvalue weighted by Crippen LogP contribution is -2.11. The van der Waals surface area contributed by atoms with Crippen molar-refractivity contribution in [3.05, 3.63) is 65.2 Å². The van der Waals surface area contributed by atoms with E-state index in [-0.39, 0.29) is 0 Å². The van der Waals surface area contributed by atoms with Crippen LogP contribution < -0.4 is 0 Å². The molecule has 0 radical (unpaired) electrons. The molecular weight excluding hydrogens is 282 g/mol. The van der Waals surface area contributed by atoms with E-state index in [2.05, 4.69) is 51.0 Å². The zero-order valence-electron chi connectivity index (χ0n) is 15.0. The maximum absolute atomic E-state index is 8.63. The van der Waals surface area contributed by atoms with Crippen molar-refractivity contribution in [3.63, 3.8) is 0 Å². The van der Waals surface area contributed by atoms with Crippen LogP contribution in [0.3, 0.4) is 0 Å². The Labute approximate surface area is 141 Å². The second kappa shape index (κ2) is 10.8. The molecule has 0 amide bonds. The molecule has 0 aliphatic carbocycles. The van der Waals surface area contributed by atoms with Crippen LogP contribution in [-0.2, 0) is 19.4 Å². The predicted molar refractivity (Wildman–Crippen MR) is 99.9 cm³/mol. The highest BCUT2D eigenvalue weighted by Gasteiger charge is 2.02. The van der Waals surface area contributed by atoms with Gasteiger partial charge in [-0.1, -0.05) is 63.1 Å².